The number of carbonyl (C=O) groups is 2. The molecule has 2 aromatic rings. The van der Waals surface area contributed by atoms with Gasteiger partial charge in [-0.3, -0.25) is 9.59 Å². The van der Waals surface area contributed by atoms with Gasteiger partial charge in [-0.2, -0.15) is 0 Å². The maximum atomic E-state index is 12.7. The minimum atomic E-state index is -1.42. The number of hydrogen-bond donors (Lipinski definition) is 2. The molecule has 1 aromatic carbocycles. The van der Waals surface area contributed by atoms with Crippen LogP contribution in [0.4, 0.5) is 0 Å². The number of benzene rings is 1. The van der Waals surface area contributed by atoms with Gasteiger partial charge in [0.15, 0.2) is 11.2 Å². The Morgan fingerprint density at radius 1 is 1.23 bits per heavy atom. The Morgan fingerprint density at radius 3 is 2.50 bits per heavy atom. The van der Waals surface area contributed by atoms with E-state index in [1.54, 1.807) is 12.1 Å². The molecular weight excluding hydrogens is 336 g/mol. The lowest BCUT2D eigenvalue weighted by Gasteiger charge is -2.33. The van der Waals surface area contributed by atoms with Crippen molar-refractivity contribution in [2.75, 3.05) is 0 Å². The second kappa shape index (κ2) is 6.48. The number of ether oxygens (including phenoxy) is 1. The van der Waals surface area contributed by atoms with Crippen LogP contribution >= 0.6 is 0 Å². The van der Waals surface area contributed by atoms with Crippen molar-refractivity contribution in [3.63, 3.8) is 0 Å². The van der Waals surface area contributed by atoms with Crippen molar-refractivity contribution in [2.45, 2.75) is 44.6 Å². The Balaban J connectivity index is 2.11. The molecule has 1 saturated carbocycles. The van der Waals surface area contributed by atoms with E-state index in [1.165, 1.54) is 11.6 Å². The van der Waals surface area contributed by atoms with Crippen LogP contribution in [0, 0.1) is 6.92 Å². The topological polar surface area (TPSA) is 112 Å². The second-order valence-corrected chi connectivity index (χ2v) is 6.92. The Kier molecular flexibility index (Phi) is 4.48. The summed E-state index contributed by atoms with van der Waals surface area (Å²) >= 11 is 0. The fraction of sp³-hybridized carbons (Fsp3) is 0.421. The first-order chi connectivity index (χ1) is 12.3. The lowest BCUT2D eigenvalue weighted by Crippen LogP contribution is -2.49. The largest absolute Gasteiger partial charge is 0.506 e. The van der Waals surface area contributed by atoms with Crippen molar-refractivity contribution < 1.29 is 19.4 Å². The molecule has 138 valence electrons. The molecule has 1 aliphatic carbocycles. The van der Waals surface area contributed by atoms with Crippen LogP contribution < -0.4 is 11.3 Å². The third-order valence-corrected chi connectivity index (χ3v) is 5.13. The highest BCUT2D eigenvalue weighted by atomic mass is 16.6. The molecule has 0 radical (unpaired) electrons. The minimum Gasteiger partial charge on any atom is -0.506 e. The standard InChI is InChI=1S/C19H22N2O5/c1-11-6-7-13-12(10-11)15(22)14(16(23)21(13)2)17(24)26-19(18(20)25)8-4-3-5-9-19/h6-7,10,22H,3-5,8-9H2,1-2H3,(H2,20,25). The molecule has 7 heteroatoms. The highest BCUT2D eigenvalue weighted by Gasteiger charge is 2.43. The van der Waals surface area contributed by atoms with E-state index in [-0.39, 0.29) is 0 Å². The van der Waals surface area contributed by atoms with Crippen molar-refractivity contribution in [3.05, 3.63) is 39.7 Å². The third kappa shape index (κ3) is 2.83. The normalized spacial score (nSPS) is 16.4. The Bertz CT molecular complexity index is 955. The Hall–Kier alpha value is -2.83. The number of nitrogens with zero attached hydrogens (tertiary/aromatic N) is 1. The molecule has 1 amide bonds. The van der Waals surface area contributed by atoms with Gasteiger partial charge in [0.2, 0.25) is 0 Å². The molecule has 1 fully saturated rings. The van der Waals surface area contributed by atoms with E-state index < -0.39 is 34.3 Å². The van der Waals surface area contributed by atoms with E-state index in [9.17, 15) is 19.5 Å². The molecular formula is C19H22N2O5. The minimum absolute atomic E-state index is 0.321. The molecule has 0 aliphatic heterocycles. The van der Waals surface area contributed by atoms with Crippen molar-refractivity contribution in [2.24, 2.45) is 12.8 Å². The van der Waals surface area contributed by atoms with E-state index in [1.807, 2.05) is 13.0 Å². The number of aryl methyl sites for hydroxylation is 2. The summed E-state index contributed by atoms with van der Waals surface area (Å²) in [5.41, 5.74) is 4.27. The van der Waals surface area contributed by atoms with Gasteiger partial charge in [-0.1, -0.05) is 18.1 Å². The molecule has 0 bridgehead atoms. The summed E-state index contributed by atoms with van der Waals surface area (Å²) in [6.45, 7) is 1.84. The number of pyridine rings is 1. The number of aromatic nitrogens is 1. The summed E-state index contributed by atoms with van der Waals surface area (Å²) in [6, 6.07) is 5.20. The number of aromatic hydroxyl groups is 1. The summed E-state index contributed by atoms with van der Waals surface area (Å²) in [4.78, 5) is 37.3. The summed E-state index contributed by atoms with van der Waals surface area (Å²) < 4.78 is 6.72. The Labute approximate surface area is 150 Å². The first-order valence-corrected chi connectivity index (χ1v) is 8.62. The number of esters is 1. The van der Waals surface area contributed by atoms with Crippen LogP contribution in [-0.4, -0.2) is 27.2 Å². The molecule has 7 nitrogen and oxygen atoms in total. The number of hydrogen-bond acceptors (Lipinski definition) is 5. The second-order valence-electron chi connectivity index (χ2n) is 6.92. The predicted molar refractivity (Wildman–Crippen MR) is 96.0 cm³/mol. The maximum absolute atomic E-state index is 12.7. The quantitative estimate of drug-likeness (QED) is 0.814. The first kappa shape index (κ1) is 18.0. The number of primary amides is 1. The highest BCUT2D eigenvalue weighted by molar-refractivity contribution is 6.01. The van der Waals surface area contributed by atoms with E-state index in [0.29, 0.717) is 36.6 Å². The van der Waals surface area contributed by atoms with Gasteiger partial charge in [-0.15, -0.1) is 0 Å². The first-order valence-electron chi connectivity index (χ1n) is 8.62. The van der Waals surface area contributed by atoms with Crippen LogP contribution in [-0.2, 0) is 16.6 Å². The molecule has 3 rings (SSSR count). The molecule has 1 heterocycles. The zero-order valence-electron chi connectivity index (χ0n) is 14.9. The van der Waals surface area contributed by atoms with Crippen molar-refractivity contribution in [1.29, 1.82) is 0 Å². The van der Waals surface area contributed by atoms with Gasteiger partial charge in [0.05, 0.1) is 5.52 Å². The molecule has 1 aliphatic rings. The molecule has 26 heavy (non-hydrogen) atoms. The molecule has 1 aromatic heterocycles. The fourth-order valence-electron chi connectivity index (χ4n) is 3.58. The zero-order valence-corrected chi connectivity index (χ0v) is 14.9. The van der Waals surface area contributed by atoms with Crippen LogP contribution in [0.25, 0.3) is 10.9 Å². The van der Waals surface area contributed by atoms with Gasteiger partial charge >= 0.3 is 5.97 Å². The van der Waals surface area contributed by atoms with E-state index in [4.69, 9.17) is 10.5 Å². The van der Waals surface area contributed by atoms with Crippen LogP contribution in [0.3, 0.4) is 0 Å². The summed E-state index contributed by atoms with van der Waals surface area (Å²) in [6.07, 6.45) is 2.98. The van der Waals surface area contributed by atoms with Crippen molar-refractivity contribution in [1.82, 2.24) is 4.57 Å². The fourth-order valence-corrected chi connectivity index (χ4v) is 3.58. The molecule has 0 unspecified atom stereocenters. The molecule has 0 saturated heterocycles. The lowest BCUT2D eigenvalue weighted by molar-refractivity contribution is -0.140. The van der Waals surface area contributed by atoms with Gasteiger partial charge in [-0.05, 0) is 44.7 Å². The predicted octanol–water partition coefficient (Wildman–Crippen LogP) is 1.90. The van der Waals surface area contributed by atoms with Gasteiger partial charge in [0, 0.05) is 12.4 Å². The monoisotopic (exact) mass is 358 g/mol. The van der Waals surface area contributed by atoms with Gasteiger partial charge in [0.25, 0.3) is 11.5 Å². The van der Waals surface area contributed by atoms with Crippen molar-refractivity contribution in [3.8, 4) is 5.75 Å². The molecule has 3 N–H and O–H groups in total. The summed E-state index contributed by atoms with van der Waals surface area (Å²) in [7, 11) is 1.51. The zero-order chi connectivity index (χ0) is 19.1. The van der Waals surface area contributed by atoms with Crippen molar-refractivity contribution >= 4 is 22.8 Å². The lowest BCUT2D eigenvalue weighted by atomic mass is 9.84. The number of carbonyl (C=O) groups excluding carboxylic acids is 2. The number of fused-ring (bicyclic) bond motifs is 1. The van der Waals surface area contributed by atoms with Crippen LogP contribution in [0.15, 0.2) is 23.0 Å². The third-order valence-electron chi connectivity index (χ3n) is 5.13. The average Bonchev–Trinajstić information content (AvgIpc) is 2.60. The molecule has 0 atom stereocenters. The molecule has 0 spiro atoms. The van der Waals surface area contributed by atoms with Gasteiger partial charge in [0.1, 0.15) is 5.75 Å². The number of amides is 1. The maximum Gasteiger partial charge on any atom is 0.348 e. The van der Waals surface area contributed by atoms with E-state index in [2.05, 4.69) is 0 Å². The number of rotatable bonds is 3. The highest BCUT2D eigenvalue weighted by Crippen LogP contribution is 2.34. The average molecular weight is 358 g/mol. The van der Waals surface area contributed by atoms with Gasteiger partial charge < -0.3 is 20.1 Å². The smallest absolute Gasteiger partial charge is 0.348 e. The van der Waals surface area contributed by atoms with Crippen LogP contribution in [0.2, 0.25) is 0 Å². The summed E-state index contributed by atoms with van der Waals surface area (Å²) in [5.74, 6) is -2.18. The van der Waals surface area contributed by atoms with E-state index in [0.717, 1.165) is 12.0 Å². The SMILES string of the molecule is Cc1ccc2c(c1)c(O)c(C(=O)OC1(C(N)=O)CCCCC1)c(=O)n2C. The Morgan fingerprint density at radius 2 is 1.88 bits per heavy atom. The van der Waals surface area contributed by atoms with E-state index >= 15 is 0 Å². The van der Waals surface area contributed by atoms with Crippen LogP contribution in [0.1, 0.15) is 48.0 Å². The number of nitrogens with two attached hydrogens (primary N) is 1. The van der Waals surface area contributed by atoms with Gasteiger partial charge in [-0.25, -0.2) is 4.79 Å². The summed E-state index contributed by atoms with van der Waals surface area (Å²) in [5, 5.41) is 10.9. The van der Waals surface area contributed by atoms with Crippen LogP contribution in [0.5, 0.6) is 5.75 Å².